The van der Waals surface area contributed by atoms with E-state index in [4.69, 9.17) is 19.1 Å². The van der Waals surface area contributed by atoms with E-state index in [2.05, 4.69) is 54.8 Å². The van der Waals surface area contributed by atoms with Crippen LogP contribution in [0.3, 0.4) is 0 Å². The van der Waals surface area contributed by atoms with Crippen LogP contribution in [0.25, 0.3) is 0 Å². The molecule has 0 amide bonds. The number of aliphatic hydroxyl groups excluding tert-OH is 2. The summed E-state index contributed by atoms with van der Waals surface area (Å²) in [6.07, 6.45) is 34.0. The first kappa shape index (κ1) is 48.2. The Labute approximate surface area is 303 Å². The molecule has 1 unspecified atom stereocenters. The third kappa shape index (κ3) is 34.6. The first-order chi connectivity index (χ1) is 24.2. The van der Waals surface area contributed by atoms with Gasteiger partial charge in [0.15, 0.2) is 6.10 Å². The highest BCUT2D eigenvalue weighted by Crippen LogP contribution is 2.43. The molecular formula is C39H71O10P. The van der Waals surface area contributed by atoms with Gasteiger partial charge in [0.2, 0.25) is 0 Å². The molecule has 292 valence electrons. The summed E-state index contributed by atoms with van der Waals surface area (Å²) in [5.74, 6) is -0.944. The lowest BCUT2D eigenvalue weighted by atomic mass is 10.0. The maximum atomic E-state index is 12.5. The number of unbranched alkanes of at least 4 members (excludes halogenated alkanes) is 16. The van der Waals surface area contributed by atoms with Gasteiger partial charge in [-0.15, -0.1) is 0 Å². The van der Waals surface area contributed by atoms with Gasteiger partial charge in [0.05, 0.1) is 19.8 Å². The van der Waals surface area contributed by atoms with Gasteiger partial charge in [-0.2, -0.15) is 0 Å². The van der Waals surface area contributed by atoms with Gasteiger partial charge in [-0.1, -0.05) is 140 Å². The van der Waals surface area contributed by atoms with E-state index >= 15 is 0 Å². The fourth-order valence-corrected chi connectivity index (χ4v) is 5.85. The SMILES string of the molecule is CC/C=C/C/C=C/C/C=C/CCCCCCCC(=O)OC[C@H](COP(=O)(O)OC[C@@H](O)CO)OC(=O)CCCCCCCCCCCCCC. The van der Waals surface area contributed by atoms with Crippen molar-refractivity contribution in [3.05, 3.63) is 36.5 Å². The quantitative estimate of drug-likeness (QED) is 0.0246. The summed E-state index contributed by atoms with van der Waals surface area (Å²) in [6, 6.07) is 0. The Balaban J connectivity index is 4.37. The Morgan fingerprint density at radius 2 is 1.10 bits per heavy atom. The number of allylic oxidation sites excluding steroid dienone is 6. The van der Waals surface area contributed by atoms with Gasteiger partial charge in [-0.05, 0) is 44.9 Å². The molecule has 3 N–H and O–H groups in total. The first-order valence-corrected chi connectivity index (χ1v) is 20.9. The maximum absolute atomic E-state index is 12.5. The van der Waals surface area contributed by atoms with E-state index in [1.54, 1.807) is 0 Å². The molecule has 3 atom stereocenters. The van der Waals surface area contributed by atoms with Crippen molar-refractivity contribution in [2.24, 2.45) is 0 Å². The van der Waals surface area contributed by atoms with Crippen molar-refractivity contribution >= 4 is 19.8 Å². The van der Waals surface area contributed by atoms with E-state index in [1.807, 2.05) is 0 Å². The summed E-state index contributed by atoms with van der Waals surface area (Å²) in [5, 5.41) is 18.3. The number of carbonyl (C=O) groups is 2. The predicted molar refractivity (Wildman–Crippen MR) is 201 cm³/mol. The Morgan fingerprint density at radius 3 is 1.66 bits per heavy atom. The van der Waals surface area contributed by atoms with E-state index in [0.29, 0.717) is 12.8 Å². The zero-order chi connectivity index (χ0) is 37.0. The third-order valence-corrected chi connectivity index (χ3v) is 9.01. The molecule has 50 heavy (non-hydrogen) atoms. The van der Waals surface area contributed by atoms with Gasteiger partial charge in [0, 0.05) is 12.8 Å². The summed E-state index contributed by atoms with van der Waals surface area (Å²) >= 11 is 0. The average molecular weight is 731 g/mol. The molecule has 11 heteroatoms. The molecule has 0 aliphatic heterocycles. The van der Waals surface area contributed by atoms with Crippen LogP contribution in [-0.2, 0) is 32.7 Å². The van der Waals surface area contributed by atoms with Gasteiger partial charge in [0.1, 0.15) is 12.7 Å². The Kier molecular flexibility index (Phi) is 34.3. The molecule has 0 saturated heterocycles. The lowest BCUT2D eigenvalue weighted by molar-refractivity contribution is -0.161. The van der Waals surface area contributed by atoms with Crippen LogP contribution in [-0.4, -0.2) is 65.7 Å². The second kappa shape index (κ2) is 35.6. The lowest BCUT2D eigenvalue weighted by Gasteiger charge is -2.20. The largest absolute Gasteiger partial charge is 0.472 e. The molecule has 0 aromatic rings. The number of aliphatic hydroxyl groups is 2. The molecule has 0 fully saturated rings. The molecule has 0 bridgehead atoms. The van der Waals surface area contributed by atoms with Crippen LogP contribution in [0.5, 0.6) is 0 Å². The summed E-state index contributed by atoms with van der Waals surface area (Å²) in [6.45, 7) is 2.23. The number of ether oxygens (including phenoxy) is 2. The monoisotopic (exact) mass is 730 g/mol. The smallest absolute Gasteiger partial charge is 0.462 e. The van der Waals surface area contributed by atoms with Gasteiger partial charge >= 0.3 is 19.8 Å². The molecule has 0 aliphatic carbocycles. The predicted octanol–water partition coefficient (Wildman–Crippen LogP) is 9.61. The minimum Gasteiger partial charge on any atom is -0.462 e. The molecule has 0 rings (SSSR count). The Hall–Kier alpha value is -1.81. The normalized spacial score (nSPS) is 14.4. The van der Waals surface area contributed by atoms with Crippen LogP contribution in [0.4, 0.5) is 0 Å². The van der Waals surface area contributed by atoms with Crippen molar-refractivity contribution in [2.45, 2.75) is 174 Å². The van der Waals surface area contributed by atoms with Crippen molar-refractivity contribution < 1.29 is 47.8 Å². The average Bonchev–Trinajstić information content (AvgIpc) is 3.10. The van der Waals surface area contributed by atoms with E-state index in [9.17, 15) is 24.2 Å². The van der Waals surface area contributed by atoms with Gasteiger partial charge in [-0.25, -0.2) is 4.57 Å². The number of phosphoric ester groups is 1. The maximum Gasteiger partial charge on any atom is 0.472 e. The molecule has 0 saturated carbocycles. The van der Waals surface area contributed by atoms with Crippen LogP contribution >= 0.6 is 7.82 Å². The molecule has 0 aromatic heterocycles. The summed E-state index contributed by atoms with van der Waals surface area (Å²) < 4.78 is 32.6. The second-order valence-corrected chi connectivity index (χ2v) is 14.4. The van der Waals surface area contributed by atoms with Crippen LogP contribution in [0.1, 0.15) is 162 Å². The van der Waals surface area contributed by atoms with E-state index in [0.717, 1.165) is 70.6 Å². The third-order valence-electron chi connectivity index (χ3n) is 8.06. The highest BCUT2D eigenvalue weighted by Gasteiger charge is 2.27. The number of rotatable bonds is 36. The fourth-order valence-electron chi connectivity index (χ4n) is 5.07. The highest BCUT2D eigenvalue weighted by atomic mass is 31.2. The summed E-state index contributed by atoms with van der Waals surface area (Å²) in [5.41, 5.74) is 0. The van der Waals surface area contributed by atoms with E-state index in [1.165, 1.54) is 51.4 Å². The number of phosphoric acid groups is 1. The Bertz CT molecular complexity index is 936. The minimum absolute atomic E-state index is 0.182. The molecule has 0 spiro atoms. The van der Waals surface area contributed by atoms with Gasteiger partial charge in [-0.3, -0.25) is 18.6 Å². The van der Waals surface area contributed by atoms with E-state index < -0.39 is 51.8 Å². The van der Waals surface area contributed by atoms with Crippen molar-refractivity contribution in [1.82, 2.24) is 0 Å². The van der Waals surface area contributed by atoms with Crippen LogP contribution in [0.15, 0.2) is 36.5 Å². The first-order valence-electron chi connectivity index (χ1n) is 19.4. The van der Waals surface area contributed by atoms with Crippen molar-refractivity contribution in [3.8, 4) is 0 Å². The molecule has 0 radical (unpaired) electrons. The molecular weight excluding hydrogens is 659 g/mol. The molecule has 0 heterocycles. The Morgan fingerprint density at radius 1 is 0.620 bits per heavy atom. The van der Waals surface area contributed by atoms with Crippen molar-refractivity contribution in [1.29, 1.82) is 0 Å². The summed E-state index contributed by atoms with van der Waals surface area (Å²) in [4.78, 5) is 34.8. The number of hydrogen-bond donors (Lipinski definition) is 3. The highest BCUT2D eigenvalue weighted by molar-refractivity contribution is 7.47. The van der Waals surface area contributed by atoms with Crippen LogP contribution in [0, 0.1) is 0 Å². The van der Waals surface area contributed by atoms with Crippen molar-refractivity contribution in [2.75, 3.05) is 26.4 Å². The number of hydrogen-bond acceptors (Lipinski definition) is 9. The standard InChI is InChI=1S/C39H71O10P/c1-3-5-7-9-11-13-15-17-18-19-21-22-24-26-28-30-38(42)46-34-37(35-48-50(44,45)47-33-36(41)32-40)49-39(43)31-29-27-25-23-20-16-14-12-10-8-6-4-2/h5,7,11,13,17-18,36-37,40-41H,3-4,6,8-10,12,14-16,19-35H2,1-2H3,(H,44,45)/b7-5+,13-11+,18-17+/t36-,37+/m0/s1. The van der Waals surface area contributed by atoms with Gasteiger partial charge in [0.25, 0.3) is 0 Å². The van der Waals surface area contributed by atoms with E-state index in [-0.39, 0.29) is 19.4 Å². The van der Waals surface area contributed by atoms with Crippen LogP contribution in [0.2, 0.25) is 0 Å². The van der Waals surface area contributed by atoms with Crippen molar-refractivity contribution in [3.63, 3.8) is 0 Å². The zero-order valence-corrected chi connectivity index (χ0v) is 32.3. The van der Waals surface area contributed by atoms with Gasteiger partial charge < -0.3 is 24.6 Å². The molecule has 0 aliphatic rings. The lowest BCUT2D eigenvalue weighted by Crippen LogP contribution is -2.29. The molecule has 0 aromatic carbocycles. The number of esters is 2. The zero-order valence-electron chi connectivity index (χ0n) is 31.4. The fraction of sp³-hybridized carbons (Fsp3) is 0.795. The van der Waals surface area contributed by atoms with Crippen LogP contribution < -0.4 is 0 Å². The number of carbonyl (C=O) groups excluding carboxylic acids is 2. The second-order valence-electron chi connectivity index (χ2n) is 12.9. The topological polar surface area (TPSA) is 149 Å². The summed E-state index contributed by atoms with van der Waals surface area (Å²) in [7, 11) is -4.61. The minimum atomic E-state index is -4.61. The molecule has 10 nitrogen and oxygen atoms in total.